The highest BCUT2D eigenvalue weighted by molar-refractivity contribution is 5.79. The van der Waals surface area contributed by atoms with E-state index in [9.17, 15) is 4.79 Å². The lowest BCUT2D eigenvalue weighted by Gasteiger charge is -1.98. The Labute approximate surface area is 55.4 Å². The van der Waals surface area contributed by atoms with Crippen molar-refractivity contribution in [3.63, 3.8) is 0 Å². The van der Waals surface area contributed by atoms with Crippen LogP contribution in [0, 0.1) is 17.8 Å². The number of hydrogen-bond acceptors (Lipinski definition) is 1. The number of carbonyl (C=O) groups is 1. The van der Waals surface area contributed by atoms with Crippen molar-refractivity contribution in [2.24, 2.45) is 23.5 Å². The van der Waals surface area contributed by atoms with E-state index >= 15 is 0 Å². The molecule has 2 heteroatoms. The summed E-state index contributed by atoms with van der Waals surface area (Å²) in [7, 11) is 0. The van der Waals surface area contributed by atoms with Gasteiger partial charge in [-0.25, -0.2) is 0 Å². The summed E-state index contributed by atoms with van der Waals surface area (Å²) in [5.74, 6) is 1.30. The van der Waals surface area contributed by atoms with Gasteiger partial charge >= 0.3 is 0 Å². The molecule has 1 saturated carbocycles. The first-order chi connectivity index (χ1) is 4.13. The van der Waals surface area contributed by atoms with Crippen LogP contribution in [0.1, 0.15) is 20.3 Å². The SMILES string of the molecule is CC(C)[C@H]1C[C@H]1C(N)=O. The minimum Gasteiger partial charge on any atom is -0.369 e. The van der Waals surface area contributed by atoms with Crippen molar-refractivity contribution in [3.05, 3.63) is 0 Å². The van der Waals surface area contributed by atoms with Gasteiger partial charge in [-0.15, -0.1) is 0 Å². The molecule has 0 bridgehead atoms. The summed E-state index contributed by atoms with van der Waals surface area (Å²) in [6, 6.07) is 0. The molecule has 0 aromatic heterocycles. The van der Waals surface area contributed by atoms with Crippen LogP contribution in [0.2, 0.25) is 0 Å². The summed E-state index contributed by atoms with van der Waals surface area (Å²) in [5.41, 5.74) is 5.09. The minimum absolute atomic E-state index is 0.117. The Balaban J connectivity index is 2.33. The Morgan fingerprint density at radius 1 is 1.67 bits per heavy atom. The fourth-order valence-electron chi connectivity index (χ4n) is 1.28. The largest absolute Gasteiger partial charge is 0.369 e. The molecule has 0 unspecified atom stereocenters. The molecule has 1 rings (SSSR count). The molecule has 0 aliphatic heterocycles. The molecule has 2 atom stereocenters. The molecule has 1 aliphatic rings. The maximum Gasteiger partial charge on any atom is 0.220 e. The van der Waals surface area contributed by atoms with Gasteiger partial charge < -0.3 is 5.73 Å². The Morgan fingerprint density at radius 2 is 2.22 bits per heavy atom. The van der Waals surface area contributed by atoms with E-state index in [0.29, 0.717) is 11.8 Å². The van der Waals surface area contributed by atoms with E-state index in [1.807, 2.05) is 0 Å². The van der Waals surface area contributed by atoms with Gasteiger partial charge in [-0.3, -0.25) is 4.79 Å². The van der Waals surface area contributed by atoms with E-state index in [1.54, 1.807) is 0 Å². The third kappa shape index (κ3) is 1.23. The maximum absolute atomic E-state index is 10.5. The monoisotopic (exact) mass is 127 g/mol. The third-order valence-electron chi connectivity index (χ3n) is 2.06. The molecular weight excluding hydrogens is 114 g/mol. The summed E-state index contributed by atoms with van der Waals surface area (Å²) in [6.07, 6.45) is 1.02. The first-order valence-electron chi connectivity index (χ1n) is 3.42. The Kier molecular flexibility index (Phi) is 1.47. The van der Waals surface area contributed by atoms with Gasteiger partial charge in [0.15, 0.2) is 0 Å². The molecule has 0 saturated heterocycles. The minimum atomic E-state index is -0.117. The fraction of sp³-hybridized carbons (Fsp3) is 0.857. The standard InChI is InChI=1S/C7H13NO/c1-4(2)5-3-6(5)7(8)9/h4-6H,3H2,1-2H3,(H2,8,9)/t5-,6-/m1/s1. The maximum atomic E-state index is 10.5. The number of rotatable bonds is 2. The second kappa shape index (κ2) is 2.01. The van der Waals surface area contributed by atoms with Crippen molar-refractivity contribution in [2.45, 2.75) is 20.3 Å². The molecule has 52 valence electrons. The topological polar surface area (TPSA) is 43.1 Å². The predicted molar refractivity (Wildman–Crippen MR) is 35.6 cm³/mol. The highest BCUT2D eigenvalue weighted by atomic mass is 16.1. The van der Waals surface area contributed by atoms with Crippen molar-refractivity contribution in [2.75, 3.05) is 0 Å². The van der Waals surface area contributed by atoms with Crippen molar-refractivity contribution in [1.29, 1.82) is 0 Å². The summed E-state index contributed by atoms with van der Waals surface area (Å²) in [4.78, 5) is 10.5. The summed E-state index contributed by atoms with van der Waals surface area (Å²) in [5, 5.41) is 0. The van der Waals surface area contributed by atoms with E-state index in [1.165, 1.54) is 0 Å². The van der Waals surface area contributed by atoms with Crippen molar-refractivity contribution < 1.29 is 4.79 Å². The van der Waals surface area contributed by atoms with Gasteiger partial charge in [0.05, 0.1) is 0 Å². The first kappa shape index (κ1) is 6.59. The van der Waals surface area contributed by atoms with Gasteiger partial charge in [-0.1, -0.05) is 13.8 Å². The van der Waals surface area contributed by atoms with Gasteiger partial charge in [0.25, 0.3) is 0 Å². The van der Waals surface area contributed by atoms with Gasteiger partial charge in [-0.05, 0) is 18.3 Å². The average Bonchev–Trinajstić information content (AvgIpc) is 2.39. The van der Waals surface area contributed by atoms with Crippen molar-refractivity contribution in [1.82, 2.24) is 0 Å². The van der Waals surface area contributed by atoms with Gasteiger partial charge in [0.2, 0.25) is 5.91 Å². The van der Waals surface area contributed by atoms with E-state index in [2.05, 4.69) is 13.8 Å². The summed E-state index contributed by atoms with van der Waals surface area (Å²) < 4.78 is 0. The van der Waals surface area contributed by atoms with Crippen LogP contribution < -0.4 is 5.73 Å². The quantitative estimate of drug-likeness (QED) is 0.584. The lowest BCUT2D eigenvalue weighted by Crippen LogP contribution is -2.15. The zero-order valence-electron chi connectivity index (χ0n) is 5.92. The second-order valence-corrected chi connectivity index (χ2v) is 3.15. The Morgan fingerprint density at radius 3 is 2.33 bits per heavy atom. The molecule has 9 heavy (non-hydrogen) atoms. The van der Waals surface area contributed by atoms with Crippen LogP contribution in [0.3, 0.4) is 0 Å². The molecular formula is C7H13NO. The molecule has 0 radical (unpaired) electrons. The van der Waals surface area contributed by atoms with Crippen LogP contribution in [0.15, 0.2) is 0 Å². The van der Waals surface area contributed by atoms with Gasteiger partial charge in [-0.2, -0.15) is 0 Å². The number of primary amides is 1. The molecule has 0 spiro atoms. The highest BCUT2D eigenvalue weighted by Gasteiger charge is 2.43. The molecule has 1 fully saturated rings. The molecule has 0 heterocycles. The first-order valence-corrected chi connectivity index (χ1v) is 3.42. The molecule has 1 amide bonds. The number of nitrogens with two attached hydrogens (primary N) is 1. The van der Waals surface area contributed by atoms with Crippen LogP contribution in [0.4, 0.5) is 0 Å². The van der Waals surface area contributed by atoms with Crippen LogP contribution in [0.5, 0.6) is 0 Å². The third-order valence-corrected chi connectivity index (χ3v) is 2.06. The number of amides is 1. The van der Waals surface area contributed by atoms with Crippen molar-refractivity contribution >= 4 is 5.91 Å². The average molecular weight is 127 g/mol. The highest BCUT2D eigenvalue weighted by Crippen LogP contribution is 2.43. The molecule has 2 nitrogen and oxygen atoms in total. The lowest BCUT2D eigenvalue weighted by atomic mass is 10.1. The van der Waals surface area contributed by atoms with E-state index in [4.69, 9.17) is 5.73 Å². The Hall–Kier alpha value is -0.530. The zero-order valence-corrected chi connectivity index (χ0v) is 5.92. The van der Waals surface area contributed by atoms with Crippen LogP contribution in [0.25, 0.3) is 0 Å². The summed E-state index contributed by atoms with van der Waals surface area (Å²) >= 11 is 0. The van der Waals surface area contributed by atoms with Crippen LogP contribution in [-0.2, 0) is 4.79 Å². The molecule has 0 aromatic carbocycles. The molecule has 2 N–H and O–H groups in total. The lowest BCUT2D eigenvalue weighted by molar-refractivity contribution is -0.119. The summed E-state index contributed by atoms with van der Waals surface area (Å²) in [6.45, 7) is 4.27. The zero-order chi connectivity index (χ0) is 7.02. The fourth-order valence-corrected chi connectivity index (χ4v) is 1.28. The smallest absolute Gasteiger partial charge is 0.220 e. The number of hydrogen-bond donors (Lipinski definition) is 1. The Bertz CT molecular complexity index is 131. The predicted octanol–water partition coefficient (Wildman–Crippen LogP) is 0.764. The van der Waals surface area contributed by atoms with E-state index < -0.39 is 0 Å². The number of carbonyl (C=O) groups excluding carboxylic acids is 1. The van der Waals surface area contributed by atoms with Crippen molar-refractivity contribution in [3.8, 4) is 0 Å². The normalized spacial score (nSPS) is 32.8. The van der Waals surface area contributed by atoms with E-state index in [-0.39, 0.29) is 11.8 Å². The van der Waals surface area contributed by atoms with Crippen LogP contribution in [-0.4, -0.2) is 5.91 Å². The molecule has 1 aliphatic carbocycles. The molecule has 0 aromatic rings. The van der Waals surface area contributed by atoms with Gasteiger partial charge in [0.1, 0.15) is 0 Å². The second-order valence-electron chi connectivity index (χ2n) is 3.15. The van der Waals surface area contributed by atoms with Crippen LogP contribution >= 0.6 is 0 Å². The van der Waals surface area contributed by atoms with E-state index in [0.717, 1.165) is 6.42 Å². The van der Waals surface area contributed by atoms with Gasteiger partial charge in [0, 0.05) is 5.92 Å².